The quantitative estimate of drug-likeness (QED) is 0.845. The molecule has 3 rings (SSSR count). The molecule has 0 bridgehead atoms. The summed E-state index contributed by atoms with van der Waals surface area (Å²) in [6.45, 7) is 2.14. The van der Waals surface area contributed by atoms with E-state index in [0.29, 0.717) is 6.42 Å². The van der Waals surface area contributed by atoms with Crippen LogP contribution in [0, 0.1) is 6.20 Å². The summed E-state index contributed by atoms with van der Waals surface area (Å²) in [5.74, 6) is 0. The van der Waals surface area contributed by atoms with Crippen LogP contribution in [-0.2, 0) is 11.8 Å². The van der Waals surface area contributed by atoms with Gasteiger partial charge in [-0.15, -0.1) is 0 Å². The van der Waals surface area contributed by atoms with Crippen LogP contribution in [0.4, 0.5) is 4.79 Å². The van der Waals surface area contributed by atoms with Crippen molar-refractivity contribution >= 4 is 12.1 Å². The number of nitrogens with two attached hydrogens (primary N) is 1. The number of carbonyl (C=O) groups is 1. The zero-order valence-corrected chi connectivity index (χ0v) is 10.6. The second-order valence-corrected chi connectivity index (χ2v) is 5.02. The fraction of sp³-hybridized carbons (Fsp3) is 0.200. The van der Waals surface area contributed by atoms with Crippen molar-refractivity contribution in [1.82, 2.24) is 9.78 Å². The average molecular weight is 252 g/mol. The highest BCUT2D eigenvalue weighted by Gasteiger charge is 2.31. The molecular weight excluding hydrogens is 238 g/mol. The molecule has 0 spiro atoms. The minimum Gasteiger partial charge on any atom is -0.350 e. The molecule has 1 atom stereocenters. The molecule has 1 aromatic heterocycles. The van der Waals surface area contributed by atoms with E-state index in [0.717, 1.165) is 11.3 Å². The Kier molecular flexibility index (Phi) is 2.52. The maximum Gasteiger partial charge on any atom is 0.339 e. The molecule has 1 radical (unpaired) electrons. The second-order valence-electron chi connectivity index (χ2n) is 5.02. The standard InChI is InChI=1S/C15H14N3O/c1-15(12-5-3-2-4-6-12)8-7-11-10-17-18(14(16)19)13(11)9-15/h2-8H,9H2,1H3,(H2,16,19). The summed E-state index contributed by atoms with van der Waals surface area (Å²) in [4.78, 5) is 11.4. The van der Waals surface area contributed by atoms with E-state index in [1.54, 1.807) is 0 Å². The number of primary amides is 1. The van der Waals surface area contributed by atoms with E-state index < -0.39 is 6.03 Å². The van der Waals surface area contributed by atoms with Crippen LogP contribution < -0.4 is 5.73 Å². The van der Waals surface area contributed by atoms with Gasteiger partial charge in [0.15, 0.2) is 0 Å². The SMILES string of the molecule is CC1(c2ccccc2)C=Cc2[c]nn(C(N)=O)c2C1. The molecule has 1 aliphatic rings. The Bertz CT molecular complexity index is 657. The third kappa shape index (κ3) is 1.85. The molecule has 1 aliphatic carbocycles. The van der Waals surface area contributed by atoms with Gasteiger partial charge in [-0.3, -0.25) is 0 Å². The zero-order valence-electron chi connectivity index (χ0n) is 10.6. The van der Waals surface area contributed by atoms with Crippen molar-refractivity contribution in [3.63, 3.8) is 0 Å². The molecule has 95 valence electrons. The molecule has 1 unspecified atom stereocenters. The number of allylic oxidation sites excluding steroid dienone is 1. The van der Waals surface area contributed by atoms with E-state index in [2.05, 4.69) is 36.4 Å². The first-order valence-corrected chi connectivity index (χ1v) is 6.14. The van der Waals surface area contributed by atoms with Crippen LogP contribution in [0.2, 0.25) is 0 Å². The number of amides is 1. The van der Waals surface area contributed by atoms with Gasteiger partial charge >= 0.3 is 6.03 Å². The van der Waals surface area contributed by atoms with Crippen molar-refractivity contribution in [3.05, 3.63) is 59.4 Å². The minimum atomic E-state index is -0.566. The van der Waals surface area contributed by atoms with E-state index >= 15 is 0 Å². The fourth-order valence-electron chi connectivity index (χ4n) is 2.52. The number of carbonyl (C=O) groups excluding carboxylic acids is 1. The van der Waals surface area contributed by atoms with Crippen molar-refractivity contribution in [2.75, 3.05) is 0 Å². The molecule has 1 amide bonds. The molecule has 2 N–H and O–H groups in total. The first kappa shape index (κ1) is 11.7. The molecule has 4 heteroatoms. The summed E-state index contributed by atoms with van der Waals surface area (Å²) in [6, 6.07) is 9.63. The highest BCUT2D eigenvalue weighted by molar-refractivity contribution is 5.76. The summed E-state index contributed by atoms with van der Waals surface area (Å²) >= 11 is 0. The van der Waals surface area contributed by atoms with Gasteiger partial charge in [-0.1, -0.05) is 49.4 Å². The lowest BCUT2D eigenvalue weighted by atomic mass is 9.75. The number of benzene rings is 1. The van der Waals surface area contributed by atoms with Crippen LogP contribution >= 0.6 is 0 Å². The number of aromatic nitrogens is 2. The first-order chi connectivity index (χ1) is 9.10. The average Bonchev–Trinajstić information content (AvgIpc) is 2.82. The number of fused-ring (bicyclic) bond motifs is 1. The van der Waals surface area contributed by atoms with E-state index in [1.807, 2.05) is 24.3 Å². The summed E-state index contributed by atoms with van der Waals surface area (Å²) in [5.41, 5.74) is 8.03. The van der Waals surface area contributed by atoms with Gasteiger partial charge in [0.1, 0.15) is 6.20 Å². The topological polar surface area (TPSA) is 60.9 Å². The molecule has 19 heavy (non-hydrogen) atoms. The molecule has 4 nitrogen and oxygen atoms in total. The number of hydrogen-bond donors (Lipinski definition) is 1. The molecule has 0 saturated heterocycles. The van der Waals surface area contributed by atoms with Gasteiger partial charge in [-0.05, 0) is 5.56 Å². The Morgan fingerprint density at radius 1 is 1.42 bits per heavy atom. The predicted octanol–water partition coefficient (Wildman–Crippen LogP) is 2.14. The van der Waals surface area contributed by atoms with Gasteiger partial charge in [0.2, 0.25) is 0 Å². The fourth-order valence-corrected chi connectivity index (χ4v) is 2.52. The second kappa shape index (κ2) is 4.09. The maximum atomic E-state index is 11.4. The van der Waals surface area contributed by atoms with Gasteiger partial charge in [0.25, 0.3) is 0 Å². The van der Waals surface area contributed by atoms with E-state index in [4.69, 9.17) is 5.73 Å². The van der Waals surface area contributed by atoms with Crippen LogP contribution in [0.25, 0.3) is 6.08 Å². The van der Waals surface area contributed by atoms with Crippen LogP contribution in [0.3, 0.4) is 0 Å². The Morgan fingerprint density at radius 3 is 2.84 bits per heavy atom. The van der Waals surface area contributed by atoms with Gasteiger partial charge in [0, 0.05) is 17.4 Å². The van der Waals surface area contributed by atoms with Crippen LogP contribution in [-0.4, -0.2) is 15.8 Å². The monoisotopic (exact) mass is 252 g/mol. The van der Waals surface area contributed by atoms with E-state index in [-0.39, 0.29) is 5.41 Å². The van der Waals surface area contributed by atoms with Crippen molar-refractivity contribution in [2.24, 2.45) is 5.73 Å². The molecule has 0 aliphatic heterocycles. The van der Waals surface area contributed by atoms with E-state index in [1.165, 1.54) is 10.2 Å². The smallest absolute Gasteiger partial charge is 0.339 e. The Balaban J connectivity index is 2.06. The van der Waals surface area contributed by atoms with Crippen molar-refractivity contribution in [1.29, 1.82) is 0 Å². The van der Waals surface area contributed by atoms with Gasteiger partial charge in [0.05, 0.1) is 5.69 Å². The van der Waals surface area contributed by atoms with Crippen LogP contribution in [0.1, 0.15) is 23.7 Å². The lowest BCUT2D eigenvalue weighted by molar-refractivity contribution is 0.246. The van der Waals surface area contributed by atoms with Crippen molar-refractivity contribution in [2.45, 2.75) is 18.8 Å². The molecule has 1 heterocycles. The third-order valence-electron chi connectivity index (χ3n) is 3.63. The molecular formula is C15H14N3O. The summed E-state index contributed by atoms with van der Waals surface area (Å²) in [7, 11) is 0. The van der Waals surface area contributed by atoms with Crippen LogP contribution in [0.5, 0.6) is 0 Å². The highest BCUT2D eigenvalue weighted by Crippen LogP contribution is 2.35. The minimum absolute atomic E-state index is 0.157. The number of rotatable bonds is 1. The Hall–Kier alpha value is -2.36. The zero-order chi connectivity index (χ0) is 13.5. The normalized spacial score (nSPS) is 21.1. The van der Waals surface area contributed by atoms with Crippen molar-refractivity contribution < 1.29 is 4.79 Å². The summed E-state index contributed by atoms with van der Waals surface area (Å²) in [5, 5.41) is 3.92. The number of hydrogen-bond acceptors (Lipinski definition) is 2. The van der Waals surface area contributed by atoms with E-state index in [9.17, 15) is 4.79 Å². The molecule has 0 fully saturated rings. The lowest BCUT2D eigenvalue weighted by Crippen LogP contribution is -2.30. The Labute approximate surface area is 111 Å². The van der Waals surface area contributed by atoms with Crippen LogP contribution in [0.15, 0.2) is 36.4 Å². The third-order valence-corrected chi connectivity index (χ3v) is 3.63. The molecule has 2 aromatic rings. The molecule has 0 saturated carbocycles. The van der Waals surface area contributed by atoms with Crippen molar-refractivity contribution in [3.8, 4) is 0 Å². The lowest BCUT2D eigenvalue weighted by Gasteiger charge is -2.29. The summed E-state index contributed by atoms with van der Waals surface area (Å²) < 4.78 is 1.24. The van der Waals surface area contributed by atoms with Gasteiger partial charge in [-0.2, -0.15) is 9.78 Å². The highest BCUT2D eigenvalue weighted by atomic mass is 16.2. The predicted molar refractivity (Wildman–Crippen MR) is 72.6 cm³/mol. The maximum absolute atomic E-state index is 11.4. The molecule has 1 aromatic carbocycles. The van der Waals surface area contributed by atoms with Gasteiger partial charge < -0.3 is 5.73 Å². The number of nitrogens with zero attached hydrogens (tertiary/aromatic N) is 2. The first-order valence-electron chi connectivity index (χ1n) is 6.14. The Morgan fingerprint density at radius 2 is 2.16 bits per heavy atom. The van der Waals surface area contributed by atoms with Gasteiger partial charge in [-0.25, -0.2) is 4.79 Å². The summed E-state index contributed by atoms with van der Waals surface area (Å²) in [6.07, 6.45) is 7.59. The largest absolute Gasteiger partial charge is 0.350 e.